The fraction of sp³-hybridized carbons (Fsp3) is 0.560. The number of carbonyl (C=O) groups excluding carboxylic acids is 1. The van der Waals surface area contributed by atoms with Crippen LogP contribution in [0.2, 0.25) is 0 Å². The summed E-state index contributed by atoms with van der Waals surface area (Å²) >= 11 is 3.27. The first-order chi connectivity index (χ1) is 17.1. The Morgan fingerprint density at radius 2 is 2.03 bits per heavy atom. The third kappa shape index (κ3) is 4.89. The lowest BCUT2D eigenvalue weighted by Crippen LogP contribution is -2.46. The van der Waals surface area contributed by atoms with Gasteiger partial charge in [-0.1, -0.05) is 0 Å². The van der Waals surface area contributed by atoms with E-state index in [4.69, 9.17) is 20.2 Å². The number of carbonyl (C=O) groups is 1. The maximum atomic E-state index is 11.8. The van der Waals surface area contributed by atoms with Gasteiger partial charge >= 0.3 is 0 Å². The molecule has 1 amide bonds. The average Bonchev–Trinajstić information content (AvgIpc) is 3.58. The number of ether oxygens (including phenoxy) is 2. The molecule has 0 radical (unpaired) electrons. The maximum Gasteiger partial charge on any atom is 0.218 e. The molecule has 10 heteroatoms. The van der Waals surface area contributed by atoms with Crippen LogP contribution in [0.15, 0.2) is 17.0 Å². The summed E-state index contributed by atoms with van der Waals surface area (Å²) in [5, 5.41) is 6.38. The molecule has 2 aliphatic carbocycles. The summed E-state index contributed by atoms with van der Waals surface area (Å²) in [6, 6.07) is 2.64. The molecule has 0 bridgehead atoms. The standard InChI is InChI=1S/C25H31N5O3S2/c26-20(31)11-15-1-6-19-23(15)24-18(12-21(29-25(24)35-19)28-22-13-34-14-27-22)33-17-4-2-16(3-5-17)30-7-9-32-10-8-30/h12-17H,1-11H2,(H2,26,31)(H,28,29)/t15-,16-,17-/m1/s1. The van der Waals surface area contributed by atoms with Gasteiger partial charge in [-0.3, -0.25) is 9.69 Å². The van der Waals surface area contributed by atoms with Crippen molar-refractivity contribution in [1.29, 1.82) is 0 Å². The summed E-state index contributed by atoms with van der Waals surface area (Å²) in [6.07, 6.45) is 6.86. The van der Waals surface area contributed by atoms with Gasteiger partial charge < -0.3 is 20.5 Å². The number of pyridine rings is 1. The smallest absolute Gasteiger partial charge is 0.218 e. The molecule has 3 N–H and O–H groups in total. The fourth-order valence-corrected chi connectivity index (χ4v) is 7.63. The zero-order valence-electron chi connectivity index (χ0n) is 19.7. The van der Waals surface area contributed by atoms with Crippen molar-refractivity contribution in [2.45, 2.75) is 63.0 Å². The second-order valence-corrected chi connectivity index (χ2v) is 11.5. The normalized spacial score (nSPS) is 25.0. The summed E-state index contributed by atoms with van der Waals surface area (Å²) in [4.78, 5) is 25.9. The number of aromatic nitrogens is 2. The van der Waals surface area contributed by atoms with E-state index in [1.807, 2.05) is 11.4 Å². The minimum Gasteiger partial charge on any atom is -0.490 e. The van der Waals surface area contributed by atoms with E-state index in [1.54, 1.807) is 28.2 Å². The summed E-state index contributed by atoms with van der Waals surface area (Å²) in [7, 11) is 0. The molecule has 8 nitrogen and oxygen atoms in total. The Morgan fingerprint density at radius 3 is 2.77 bits per heavy atom. The molecular formula is C25H31N5O3S2. The number of hydrogen-bond donors (Lipinski definition) is 2. The Balaban J connectivity index is 1.28. The minimum absolute atomic E-state index is 0.148. The van der Waals surface area contributed by atoms with Crippen LogP contribution in [0.25, 0.3) is 10.2 Å². The first kappa shape index (κ1) is 23.1. The highest BCUT2D eigenvalue weighted by molar-refractivity contribution is 7.19. The van der Waals surface area contributed by atoms with Crippen LogP contribution in [0.5, 0.6) is 5.75 Å². The molecule has 0 unspecified atom stereocenters. The van der Waals surface area contributed by atoms with E-state index in [1.165, 1.54) is 10.4 Å². The fourth-order valence-electron chi connectivity index (χ4n) is 5.86. The highest BCUT2D eigenvalue weighted by atomic mass is 32.1. The highest BCUT2D eigenvalue weighted by Gasteiger charge is 2.33. The van der Waals surface area contributed by atoms with E-state index in [0.29, 0.717) is 12.5 Å². The van der Waals surface area contributed by atoms with Gasteiger partial charge in [0.1, 0.15) is 22.2 Å². The van der Waals surface area contributed by atoms with Gasteiger partial charge in [-0.15, -0.1) is 22.7 Å². The van der Waals surface area contributed by atoms with Gasteiger partial charge in [0.25, 0.3) is 0 Å². The summed E-state index contributed by atoms with van der Waals surface area (Å²) in [5.41, 5.74) is 8.63. The van der Waals surface area contributed by atoms with Crippen molar-refractivity contribution in [1.82, 2.24) is 14.9 Å². The Bertz CT molecular complexity index is 1180. The Labute approximate surface area is 212 Å². The molecule has 1 saturated heterocycles. The van der Waals surface area contributed by atoms with E-state index in [-0.39, 0.29) is 17.9 Å². The van der Waals surface area contributed by atoms with Crippen LogP contribution in [0.3, 0.4) is 0 Å². The predicted molar refractivity (Wildman–Crippen MR) is 139 cm³/mol. The first-order valence-electron chi connectivity index (χ1n) is 12.5. The molecule has 6 rings (SSSR count). The number of thiophene rings is 1. The largest absolute Gasteiger partial charge is 0.490 e. The summed E-state index contributed by atoms with van der Waals surface area (Å²) in [5.74, 6) is 2.30. The van der Waals surface area contributed by atoms with Crippen molar-refractivity contribution in [3.05, 3.63) is 27.4 Å². The summed E-state index contributed by atoms with van der Waals surface area (Å²) in [6.45, 7) is 3.76. The number of nitrogens with zero attached hydrogens (tertiary/aromatic N) is 3. The number of amides is 1. The molecule has 3 aromatic heterocycles. The van der Waals surface area contributed by atoms with E-state index < -0.39 is 0 Å². The van der Waals surface area contributed by atoms with Crippen LogP contribution in [-0.2, 0) is 16.0 Å². The highest BCUT2D eigenvalue weighted by Crippen LogP contribution is 2.49. The zero-order chi connectivity index (χ0) is 23.8. The van der Waals surface area contributed by atoms with Crippen molar-refractivity contribution >= 4 is 50.4 Å². The number of rotatable bonds is 7. The van der Waals surface area contributed by atoms with Crippen LogP contribution in [0, 0.1) is 0 Å². The van der Waals surface area contributed by atoms with Gasteiger partial charge in [0.2, 0.25) is 5.91 Å². The number of thiazole rings is 1. The van der Waals surface area contributed by atoms with Crippen LogP contribution in [0.1, 0.15) is 54.9 Å². The lowest BCUT2D eigenvalue weighted by Gasteiger charge is -2.38. The SMILES string of the molecule is NC(=O)C[C@H]1CCc2sc3nc(Nc4cscn4)cc(O[C@H]4CC[C@H](N5CCOCC5)CC4)c3c21. The number of hydrogen-bond acceptors (Lipinski definition) is 9. The van der Waals surface area contributed by atoms with Crippen LogP contribution >= 0.6 is 22.7 Å². The van der Waals surface area contributed by atoms with E-state index in [9.17, 15) is 4.79 Å². The molecule has 2 fully saturated rings. The topological polar surface area (TPSA) is 103 Å². The Morgan fingerprint density at radius 1 is 1.20 bits per heavy atom. The number of anilines is 2. The van der Waals surface area contributed by atoms with Gasteiger partial charge in [0.05, 0.1) is 30.2 Å². The molecular weight excluding hydrogens is 482 g/mol. The van der Waals surface area contributed by atoms with E-state index in [2.05, 4.69) is 15.2 Å². The molecule has 0 aromatic carbocycles. The maximum absolute atomic E-state index is 11.8. The van der Waals surface area contributed by atoms with Gasteiger partial charge in [-0.25, -0.2) is 9.97 Å². The van der Waals surface area contributed by atoms with Gasteiger partial charge in [-0.05, 0) is 50.0 Å². The number of primary amides is 1. The molecule has 3 aromatic rings. The minimum atomic E-state index is -0.249. The second kappa shape index (κ2) is 10.0. The third-order valence-electron chi connectivity index (χ3n) is 7.50. The van der Waals surface area contributed by atoms with Gasteiger partial charge in [0, 0.05) is 41.9 Å². The molecule has 1 saturated carbocycles. The Hall–Kier alpha value is -2.27. The number of morpholine rings is 1. The number of nitrogens with one attached hydrogen (secondary N) is 1. The first-order valence-corrected chi connectivity index (χ1v) is 14.3. The third-order valence-corrected chi connectivity index (χ3v) is 9.25. The van der Waals surface area contributed by atoms with E-state index in [0.717, 1.165) is 92.4 Å². The van der Waals surface area contributed by atoms with Crippen molar-refractivity contribution < 1.29 is 14.3 Å². The Kier molecular flexibility index (Phi) is 6.62. The molecule has 3 aliphatic rings. The molecule has 1 aliphatic heterocycles. The van der Waals surface area contributed by atoms with Crippen LogP contribution < -0.4 is 15.8 Å². The molecule has 4 heterocycles. The number of fused-ring (bicyclic) bond motifs is 3. The predicted octanol–water partition coefficient (Wildman–Crippen LogP) is 4.42. The molecule has 186 valence electrons. The van der Waals surface area contributed by atoms with Gasteiger partial charge in [-0.2, -0.15) is 0 Å². The lowest BCUT2D eigenvalue weighted by molar-refractivity contribution is -0.118. The second-order valence-electron chi connectivity index (χ2n) is 9.73. The molecule has 35 heavy (non-hydrogen) atoms. The number of aryl methyl sites for hydroxylation is 1. The van der Waals surface area contributed by atoms with Crippen molar-refractivity contribution in [2.75, 3.05) is 31.6 Å². The van der Waals surface area contributed by atoms with Crippen LogP contribution in [-0.4, -0.2) is 59.2 Å². The zero-order valence-corrected chi connectivity index (χ0v) is 21.3. The van der Waals surface area contributed by atoms with Crippen LogP contribution in [0.4, 0.5) is 11.6 Å². The monoisotopic (exact) mass is 513 g/mol. The van der Waals surface area contributed by atoms with Gasteiger partial charge in [0.15, 0.2) is 0 Å². The van der Waals surface area contributed by atoms with Crippen molar-refractivity contribution in [3.8, 4) is 5.75 Å². The van der Waals surface area contributed by atoms with Crippen molar-refractivity contribution in [2.24, 2.45) is 5.73 Å². The average molecular weight is 514 g/mol. The molecule has 1 atom stereocenters. The summed E-state index contributed by atoms with van der Waals surface area (Å²) < 4.78 is 12.3. The lowest BCUT2D eigenvalue weighted by atomic mass is 9.91. The molecule has 0 spiro atoms. The van der Waals surface area contributed by atoms with E-state index >= 15 is 0 Å². The van der Waals surface area contributed by atoms with Crippen molar-refractivity contribution in [3.63, 3.8) is 0 Å². The number of nitrogens with two attached hydrogens (primary N) is 1. The quantitative estimate of drug-likeness (QED) is 0.482.